The molecule has 0 aliphatic heterocycles. The van der Waals surface area contributed by atoms with Gasteiger partial charge in [0.15, 0.2) is 11.5 Å². The SMILES string of the molecule is COc1cc(C(=O)O)ccc1OC1CCC1. The Labute approximate surface area is 93.8 Å². The second-order valence-corrected chi connectivity index (χ2v) is 3.84. The molecule has 0 bridgehead atoms. The van der Waals surface area contributed by atoms with Crippen LogP contribution in [0.4, 0.5) is 0 Å². The summed E-state index contributed by atoms with van der Waals surface area (Å²) < 4.78 is 10.8. The molecule has 86 valence electrons. The number of carboxylic acid groups (broad SMARTS) is 1. The molecule has 0 unspecified atom stereocenters. The van der Waals surface area contributed by atoms with Crippen LogP contribution in [0.15, 0.2) is 18.2 Å². The Bertz CT molecular complexity index is 396. The number of carboxylic acids is 1. The molecule has 1 saturated carbocycles. The Balaban J connectivity index is 2.19. The Morgan fingerprint density at radius 2 is 2.12 bits per heavy atom. The lowest BCUT2D eigenvalue weighted by atomic mass is 9.96. The topological polar surface area (TPSA) is 55.8 Å². The van der Waals surface area contributed by atoms with Crippen LogP contribution >= 0.6 is 0 Å². The molecule has 0 saturated heterocycles. The fraction of sp³-hybridized carbons (Fsp3) is 0.417. The third-order valence-electron chi connectivity index (χ3n) is 2.76. The van der Waals surface area contributed by atoms with Crippen molar-refractivity contribution >= 4 is 5.97 Å². The molecule has 4 nitrogen and oxygen atoms in total. The summed E-state index contributed by atoms with van der Waals surface area (Å²) in [4.78, 5) is 10.8. The molecule has 0 heterocycles. The van der Waals surface area contributed by atoms with E-state index in [1.165, 1.54) is 25.7 Å². The molecule has 0 aromatic heterocycles. The molecule has 4 heteroatoms. The van der Waals surface area contributed by atoms with Gasteiger partial charge in [0.2, 0.25) is 0 Å². The number of methoxy groups -OCH3 is 1. The van der Waals surface area contributed by atoms with E-state index in [0.717, 1.165) is 12.8 Å². The fourth-order valence-corrected chi connectivity index (χ4v) is 1.57. The highest BCUT2D eigenvalue weighted by Gasteiger charge is 2.21. The van der Waals surface area contributed by atoms with E-state index in [1.54, 1.807) is 6.07 Å². The summed E-state index contributed by atoms with van der Waals surface area (Å²) in [5, 5.41) is 8.84. The first-order chi connectivity index (χ1) is 7.70. The summed E-state index contributed by atoms with van der Waals surface area (Å²) in [6.07, 6.45) is 3.57. The van der Waals surface area contributed by atoms with Crippen molar-refractivity contribution in [1.29, 1.82) is 0 Å². The Morgan fingerprint density at radius 3 is 2.62 bits per heavy atom. The minimum absolute atomic E-state index is 0.206. The van der Waals surface area contributed by atoms with Gasteiger partial charge in [-0.3, -0.25) is 0 Å². The number of hydrogen-bond donors (Lipinski definition) is 1. The van der Waals surface area contributed by atoms with Crippen molar-refractivity contribution in [3.63, 3.8) is 0 Å². The Morgan fingerprint density at radius 1 is 1.38 bits per heavy atom. The zero-order chi connectivity index (χ0) is 11.5. The highest BCUT2D eigenvalue weighted by atomic mass is 16.5. The number of ether oxygens (including phenoxy) is 2. The lowest BCUT2D eigenvalue weighted by Crippen LogP contribution is -2.24. The van der Waals surface area contributed by atoms with Crippen LogP contribution in [0.25, 0.3) is 0 Å². The van der Waals surface area contributed by atoms with Crippen LogP contribution in [0.5, 0.6) is 11.5 Å². The van der Waals surface area contributed by atoms with Gasteiger partial charge in [0.05, 0.1) is 18.8 Å². The number of hydrogen-bond acceptors (Lipinski definition) is 3. The largest absolute Gasteiger partial charge is 0.493 e. The van der Waals surface area contributed by atoms with Gasteiger partial charge in [0, 0.05) is 0 Å². The molecule has 1 fully saturated rings. The van der Waals surface area contributed by atoms with Gasteiger partial charge in [0.1, 0.15) is 0 Å². The van der Waals surface area contributed by atoms with E-state index < -0.39 is 5.97 Å². The maximum atomic E-state index is 10.8. The molecule has 1 N–H and O–H groups in total. The Kier molecular flexibility index (Phi) is 2.99. The molecule has 0 atom stereocenters. The van der Waals surface area contributed by atoms with Gasteiger partial charge in [-0.1, -0.05) is 0 Å². The molecule has 2 rings (SSSR count). The van der Waals surface area contributed by atoms with Gasteiger partial charge in [0.25, 0.3) is 0 Å². The summed E-state index contributed by atoms with van der Waals surface area (Å²) in [6.45, 7) is 0. The van der Waals surface area contributed by atoms with E-state index in [0.29, 0.717) is 11.5 Å². The van der Waals surface area contributed by atoms with Crippen LogP contribution in [0, 0.1) is 0 Å². The summed E-state index contributed by atoms with van der Waals surface area (Å²) in [5.41, 5.74) is 0.206. The number of rotatable bonds is 4. The van der Waals surface area contributed by atoms with E-state index in [-0.39, 0.29) is 11.7 Å². The van der Waals surface area contributed by atoms with Gasteiger partial charge in [-0.15, -0.1) is 0 Å². The minimum atomic E-state index is -0.964. The van der Waals surface area contributed by atoms with Crippen molar-refractivity contribution in [3.8, 4) is 11.5 Å². The maximum absolute atomic E-state index is 10.8. The predicted octanol–water partition coefficient (Wildman–Crippen LogP) is 2.32. The summed E-state index contributed by atoms with van der Waals surface area (Å²) in [6, 6.07) is 4.66. The van der Waals surface area contributed by atoms with Crippen molar-refractivity contribution in [2.45, 2.75) is 25.4 Å². The van der Waals surface area contributed by atoms with E-state index in [2.05, 4.69) is 0 Å². The highest BCUT2D eigenvalue weighted by Crippen LogP contribution is 2.32. The quantitative estimate of drug-likeness (QED) is 0.849. The van der Waals surface area contributed by atoms with Crippen molar-refractivity contribution in [3.05, 3.63) is 23.8 Å². The second-order valence-electron chi connectivity index (χ2n) is 3.84. The Hall–Kier alpha value is -1.71. The van der Waals surface area contributed by atoms with Crippen molar-refractivity contribution in [1.82, 2.24) is 0 Å². The number of carbonyl (C=O) groups is 1. The summed E-state index contributed by atoms with van der Waals surface area (Å²) >= 11 is 0. The molecule has 16 heavy (non-hydrogen) atoms. The summed E-state index contributed by atoms with van der Waals surface area (Å²) in [5.74, 6) is 0.137. The third kappa shape index (κ3) is 2.10. The lowest BCUT2D eigenvalue weighted by molar-refractivity contribution is 0.0696. The zero-order valence-corrected chi connectivity index (χ0v) is 9.10. The standard InChI is InChI=1S/C12H14O4/c1-15-11-7-8(12(13)14)5-6-10(11)16-9-3-2-4-9/h5-7,9H,2-4H2,1H3,(H,13,14). The van der Waals surface area contributed by atoms with Crippen LogP contribution in [0.3, 0.4) is 0 Å². The molecule has 0 amide bonds. The van der Waals surface area contributed by atoms with E-state index in [9.17, 15) is 4.79 Å². The van der Waals surface area contributed by atoms with Gasteiger partial charge < -0.3 is 14.6 Å². The van der Waals surface area contributed by atoms with Gasteiger partial charge in [-0.2, -0.15) is 0 Å². The smallest absolute Gasteiger partial charge is 0.335 e. The first-order valence-electron chi connectivity index (χ1n) is 5.28. The molecule has 1 aromatic rings. The summed E-state index contributed by atoms with van der Waals surface area (Å²) in [7, 11) is 1.51. The highest BCUT2D eigenvalue weighted by molar-refractivity contribution is 5.88. The lowest BCUT2D eigenvalue weighted by Gasteiger charge is -2.27. The third-order valence-corrected chi connectivity index (χ3v) is 2.76. The predicted molar refractivity (Wildman–Crippen MR) is 58.2 cm³/mol. The number of benzene rings is 1. The monoisotopic (exact) mass is 222 g/mol. The first-order valence-corrected chi connectivity index (χ1v) is 5.28. The first kappa shape index (κ1) is 10.8. The maximum Gasteiger partial charge on any atom is 0.335 e. The molecule has 1 aliphatic carbocycles. The van der Waals surface area contributed by atoms with Gasteiger partial charge in [-0.05, 0) is 37.5 Å². The van der Waals surface area contributed by atoms with Crippen LogP contribution in [-0.2, 0) is 0 Å². The molecule has 0 spiro atoms. The van der Waals surface area contributed by atoms with Gasteiger partial charge in [-0.25, -0.2) is 4.79 Å². The normalized spacial score (nSPS) is 15.3. The average Bonchev–Trinajstić information content (AvgIpc) is 2.23. The van der Waals surface area contributed by atoms with Crippen molar-refractivity contribution in [2.24, 2.45) is 0 Å². The minimum Gasteiger partial charge on any atom is -0.493 e. The van der Waals surface area contributed by atoms with Crippen LogP contribution in [0.1, 0.15) is 29.6 Å². The van der Waals surface area contributed by atoms with Crippen molar-refractivity contribution in [2.75, 3.05) is 7.11 Å². The van der Waals surface area contributed by atoms with E-state index in [1.807, 2.05) is 0 Å². The molecule has 1 aromatic carbocycles. The zero-order valence-electron chi connectivity index (χ0n) is 9.10. The van der Waals surface area contributed by atoms with Crippen LogP contribution in [0.2, 0.25) is 0 Å². The number of aromatic carboxylic acids is 1. The van der Waals surface area contributed by atoms with Gasteiger partial charge >= 0.3 is 5.97 Å². The van der Waals surface area contributed by atoms with Crippen molar-refractivity contribution < 1.29 is 19.4 Å². The van der Waals surface area contributed by atoms with E-state index in [4.69, 9.17) is 14.6 Å². The molecular weight excluding hydrogens is 208 g/mol. The fourth-order valence-electron chi connectivity index (χ4n) is 1.57. The molecular formula is C12H14O4. The van der Waals surface area contributed by atoms with Crippen LogP contribution in [-0.4, -0.2) is 24.3 Å². The van der Waals surface area contributed by atoms with Crippen LogP contribution < -0.4 is 9.47 Å². The average molecular weight is 222 g/mol. The molecule has 0 radical (unpaired) electrons. The van der Waals surface area contributed by atoms with E-state index >= 15 is 0 Å². The molecule has 1 aliphatic rings. The second kappa shape index (κ2) is 4.43.